The number of carbonyl (C=O) groups excluding carboxylic acids is 2. The number of cyclic esters (lactones) is 1. The Labute approximate surface area is 161 Å². The summed E-state index contributed by atoms with van der Waals surface area (Å²) in [6.45, 7) is 0.735. The monoisotopic (exact) mass is 432 g/mol. The van der Waals surface area contributed by atoms with Gasteiger partial charge in [0.05, 0.1) is 17.8 Å². The number of halogens is 2. The smallest absolute Gasteiger partial charge is 0.414 e. The van der Waals surface area contributed by atoms with Gasteiger partial charge in [0.15, 0.2) is 0 Å². The number of fused-ring (bicyclic) bond motifs is 1. The third-order valence-corrected chi connectivity index (χ3v) is 5.04. The predicted molar refractivity (Wildman–Crippen MR) is 100 cm³/mol. The Morgan fingerprint density at radius 1 is 1.26 bits per heavy atom. The second kappa shape index (κ2) is 6.70. The standard InChI is InChI=1S/C19H14BrFN2O4/c20-13-8-12-15(9-14(13)23-5-6-26-19(23)25)27-16(17(12)18(22)24)7-10-1-3-11(21)4-2-10/h1-4,8-9H,5-7H2,(H2,22,24). The summed E-state index contributed by atoms with van der Waals surface area (Å²) < 4.78 is 24.6. The molecule has 0 unspecified atom stereocenters. The highest BCUT2D eigenvalue weighted by Gasteiger charge is 2.28. The molecule has 6 nitrogen and oxygen atoms in total. The fourth-order valence-electron chi connectivity index (χ4n) is 3.16. The lowest BCUT2D eigenvalue weighted by Crippen LogP contribution is -2.23. The molecule has 2 aromatic carbocycles. The van der Waals surface area contributed by atoms with Crippen LogP contribution in [0.1, 0.15) is 21.7 Å². The lowest BCUT2D eigenvalue weighted by Gasteiger charge is -2.14. The number of amides is 2. The molecule has 1 aliphatic rings. The van der Waals surface area contributed by atoms with Crippen LogP contribution in [0.3, 0.4) is 0 Å². The summed E-state index contributed by atoms with van der Waals surface area (Å²) in [7, 11) is 0. The van der Waals surface area contributed by atoms with Crippen LogP contribution in [0.25, 0.3) is 11.0 Å². The number of furan rings is 1. The summed E-state index contributed by atoms with van der Waals surface area (Å²) in [6, 6.07) is 9.30. The van der Waals surface area contributed by atoms with E-state index in [-0.39, 0.29) is 17.8 Å². The third-order valence-electron chi connectivity index (χ3n) is 4.41. The van der Waals surface area contributed by atoms with E-state index in [9.17, 15) is 14.0 Å². The van der Waals surface area contributed by atoms with E-state index < -0.39 is 12.0 Å². The van der Waals surface area contributed by atoms with Crippen LogP contribution in [0.2, 0.25) is 0 Å². The van der Waals surface area contributed by atoms with Crippen molar-refractivity contribution in [3.8, 4) is 0 Å². The molecule has 3 aromatic rings. The minimum Gasteiger partial charge on any atom is -0.460 e. The topological polar surface area (TPSA) is 85.8 Å². The highest BCUT2D eigenvalue weighted by Crippen LogP contribution is 2.37. The fraction of sp³-hybridized carbons (Fsp3) is 0.158. The lowest BCUT2D eigenvalue weighted by molar-refractivity contribution is 0.1000. The van der Waals surface area contributed by atoms with Gasteiger partial charge in [-0.25, -0.2) is 9.18 Å². The number of carbonyl (C=O) groups is 2. The summed E-state index contributed by atoms with van der Waals surface area (Å²) in [5.41, 5.74) is 7.64. The maximum absolute atomic E-state index is 13.1. The molecular weight excluding hydrogens is 419 g/mol. The molecule has 2 amide bonds. The molecule has 138 valence electrons. The Balaban J connectivity index is 1.82. The average Bonchev–Trinajstić information content (AvgIpc) is 3.19. The lowest BCUT2D eigenvalue weighted by atomic mass is 10.0. The van der Waals surface area contributed by atoms with Crippen molar-refractivity contribution in [1.29, 1.82) is 0 Å². The molecule has 27 heavy (non-hydrogen) atoms. The van der Waals surface area contributed by atoms with Crippen LogP contribution < -0.4 is 10.6 Å². The van der Waals surface area contributed by atoms with Gasteiger partial charge >= 0.3 is 6.09 Å². The minimum atomic E-state index is -0.619. The van der Waals surface area contributed by atoms with Gasteiger partial charge in [-0.2, -0.15) is 0 Å². The van der Waals surface area contributed by atoms with E-state index in [1.165, 1.54) is 17.0 Å². The molecule has 4 rings (SSSR count). The maximum Gasteiger partial charge on any atom is 0.414 e. The van der Waals surface area contributed by atoms with Crippen LogP contribution in [0.4, 0.5) is 14.9 Å². The molecule has 1 fully saturated rings. The second-order valence-corrected chi connectivity index (χ2v) is 6.99. The minimum absolute atomic E-state index is 0.269. The largest absolute Gasteiger partial charge is 0.460 e. The summed E-state index contributed by atoms with van der Waals surface area (Å²) in [6.07, 6.45) is -0.158. The molecule has 0 bridgehead atoms. The number of rotatable bonds is 4. The Morgan fingerprint density at radius 3 is 2.63 bits per heavy atom. The molecule has 0 radical (unpaired) electrons. The highest BCUT2D eigenvalue weighted by atomic mass is 79.9. The van der Waals surface area contributed by atoms with Crippen LogP contribution in [0.15, 0.2) is 45.3 Å². The molecule has 0 saturated carbocycles. The van der Waals surface area contributed by atoms with Crippen molar-refractivity contribution in [2.75, 3.05) is 18.1 Å². The van der Waals surface area contributed by atoms with E-state index in [0.29, 0.717) is 40.0 Å². The van der Waals surface area contributed by atoms with Gasteiger partial charge in [0.1, 0.15) is 23.8 Å². The maximum atomic E-state index is 13.1. The van der Waals surface area contributed by atoms with Gasteiger partial charge in [-0.15, -0.1) is 0 Å². The number of ether oxygens (including phenoxy) is 1. The molecule has 2 N–H and O–H groups in total. The van der Waals surface area contributed by atoms with Crippen molar-refractivity contribution in [3.63, 3.8) is 0 Å². The van der Waals surface area contributed by atoms with Crippen molar-refractivity contribution in [3.05, 3.63) is 63.6 Å². The van der Waals surface area contributed by atoms with Gasteiger partial charge in [-0.1, -0.05) is 12.1 Å². The molecular formula is C19H14BrFN2O4. The van der Waals surface area contributed by atoms with E-state index in [0.717, 1.165) is 5.56 Å². The first-order valence-electron chi connectivity index (χ1n) is 8.17. The Bertz CT molecular complexity index is 1060. The van der Waals surface area contributed by atoms with Gasteiger partial charge in [-0.3, -0.25) is 9.69 Å². The average molecular weight is 433 g/mol. The Kier molecular flexibility index (Phi) is 4.35. The Hall–Kier alpha value is -2.87. The molecule has 1 aromatic heterocycles. The first-order valence-corrected chi connectivity index (χ1v) is 8.97. The zero-order chi connectivity index (χ0) is 19.1. The van der Waals surface area contributed by atoms with Crippen molar-refractivity contribution in [2.45, 2.75) is 6.42 Å². The van der Waals surface area contributed by atoms with Gasteiger partial charge in [0.2, 0.25) is 0 Å². The summed E-state index contributed by atoms with van der Waals surface area (Å²) in [5.74, 6) is -0.576. The van der Waals surface area contributed by atoms with E-state index in [1.807, 2.05) is 0 Å². The summed E-state index contributed by atoms with van der Waals surface area (Å²) >= 11 is 3.44. The molecule has 2 heterocycles. The van der Waals surface area contributed by atoms with Crippen LogP contribution in [-0.4, -0.2) is 25.2 Å². The number of primary amides is 1. The molecule has 1 aliphatic heterocycles. The van der Waals surface area contributed by atoms with Gasteiger partial charge in [-0.05, 0) is 39.7 Å². The second-order valence-electron chi connectivity index (χ2n) is 6.13. The quantitative estimate of drug-likeness (QED) is 0.675. The van der Waals surface area contributed by atoms with Gasteiger partial charge in [0, 0.05) is 22.3 Å². The number of hydrogen-bond donors (Lipinski definition) is 1. The fourth-order valence-corrected chi connectivity index (χ4v) is 3.72. The Morgan fingerprint density at radius 2 is 2.00 bits per heavy atom. The van der Waals surface area contributed by atoms with Crippen LogP contribution >= 0.6 is 15.9 Å². The van der Waals surface area contributed by atoms with Crippen molar-refractivity contribution in [1.82, 2.24) is 0 Å². The van der Waals surface area contributed by atoms with Crippen LogP contribution in [0.5, 0.6) is 0 Å². The number of hydrogen-bond acceptors (Lipinski definition) is 4. The number of benzene rings is 2. The molecule has 0 atom stereocenters. The van der Waals surface area contributed by atoms with Gasteiger partial charge in [0.25, 0.3) is 5.91 Å². The van der Waals surface area contributed by atoms with Crippen LogP contribution in [0, 0.1) is 5.82 Å². The molecule has 0 spiro atoms. The van der Waals surface area contributed by atoms with Crippen LogP contribution in [-0.2, 0) is 11.2 Å². The molecule has 8 heteroatoms. The normalized spacial score (nSPS) is 14.0. The first kappa shape index (κ1) is 17.5. The summed E-state index contributed by atoms with van der Waals surface area (Å²) in [5, 5.41) is 0.544. The molecule has 1 saturated heterocycles. The summed E-state index contributed by atoms with van der Waals surface area (Å²) in [4.78, 5) is 25.4. The predicted octanol–water partition coefficient (Wildman–Crippen LogP) is 3.98. The van der Waals surface area contributed by atoms with E-state index >= 15 is 0 Å². The van der Waals surface area contributed by atoms with Crippen molar-refractivity contribution >= 4 is 44.6 Å². The third kappa shape index (κ3) is 3.16. The zero-order valence-electron chi connectivity index (χ0n) is 14.0. The zero-order valence-corrected chi connectivity index (χ0v) is 15.6. The number of anilines is 1. The van der Waals surface area contributed by atoms with Crippen molar-refractivity contribution in [2.24, 2.45) is 5.73 Å². The SMILES string of the molecule is NC(=O)c1c(Cc2ccc(F)cc2)oc2cc(N3CCOC3=O)c(Br)cc12. The van der Waals surface area contributed by atoms with E-state index in [2.05, 4.69) is 15.9 Å². The van der Waals surface area contributed by atoms with Gasteiger partial charge < -0.3 is 14.9 Å². The number of nitrogens with zero attached hydrogens (tertiary/aromatic N) is 1. The van der Waals surface area contributed by atoms with E-state index in [4.69, 9.17) is 14.9 Å². The highest BCUT2D eigenvalue weighted by molar-refractivity contribution is 9.10. The van der Waals surface area contributed by atoms with E-state index in [1.54, 1.807) is 24.3 Å². The molecule has 0 aliphatic carbocycles. The van der Waals surface area contributed by atoms with Crippen molar-refractivity contribution < 1.29 is 23.1 Å². The first-order chi connectivity index (χ1) is 12.9. The number of nitrogens with two attached hydrogens (primary N) is 1.